The molecular weight excluding hydrogens is 849 g/mol. The predicted octanol–water partition coefficient (Wildman–Crippen LogP) is 5.81. The summed E-state index contributed by atoms with van der Waals surface area (Å²) in [6.07, 6.45) is 18.4. The van der Waals surface area contributed by atoms with Gasteiger partial charge >= 0.3 is 11.9 Å². The third kappa shape index (κ3) is 12.8. The van der Waals surface area contributed by atoms with Crippen LogP contribution in [-0.2, 0) is 4.74 Å². The molecule has 0 fully saturated rings. The molecule has 2 N–H and O–H groups in total. The van der Waals surface area contributed by atoms with Crippen molar-refractivity contribution < 1.29 is 28.9 Å². The van der Waals surface area contributed by atoms with Crippen LogP contribution in [0, 0.1) is 33.6 Å². The summed E-state index contributed by atoms with van der Waals surface area (Å²) in [5.41, 5.74) is 4.16. The van der Waals surface area contributed by atoms with Crippen molar-refractivity contribution in [3.63, 3.8) is 0 Å². The number of carbonyl (C=O) groups is 2. The Labute approximate surface area is 334 Å². The highest BCUT2D eigenvalue weighted by Crippen LogP contribution is 2.23. The van der Waals surface area contributed by atoms with Crippen LogP contribution in [0.4, 0.5) is 0 Å². The Morgan fingerprint density at radius 2 is 1.17 bits per heavy atom. The summed E-state index contributed by atoms with van der Waals surface area (Å²) >= 11 is 3.30. The highest BCUT2D eigenvalue weighted by atomic mass is 79.9. The molecule has 0 aliphatic carbocycles. The fourth-order valence-corrected chi connectivity index (χ4v) is 4.50. The molecule has 0 aliphatic heterocycles. The average molecular weight is 892 g/mol. The van der Waals surface area contributed by atoms with E-state index >= 15 is 0 Å². The summed E-state index contributed by atoms with van der Waals surface area (Å²) in [4.78, 5) is 56.5. The van der Waals surface area contributed by atoms with Crippen LogP contribution in [0.2, 0.25) is 0 Å². The van der Waals surface area contributed by atoms with E-state index in [2.05, 4.69) is 63.4 Å². The Hall–Kier alpha value is -5.63. The first-order chi connectivity index (χ1) is 24.4. The number of rotatable bonds is 7. The van der Waals surface area contributed by atoms with Crippen molar-refractivity contribution in [1.29, 1.82) is 0 Å². The number of aromatic nitrogens is 9. The smallest absolute Gasteiger partial charge is 0.356 e. The number of nitrogens with one attached hydrogen (secondary N) is 1. The molecule has 0 aromatic carbocycles. The molecule has 0 bridgehead atoms. The van der Waals surface area contributed by atoms with Gasteiger partial charge in [-0.05, 0) is 73.1 Å². The van der Waals surface area contributed by atoms with E-state index in [1.165, 1.54) is 32.7 Å². The average Bonchev–Trinajstić information content (AvgIpc) is 3.90. The minimum absolute atomic E-state index is 0. The minimum Gasteiger partial charge on any atom is -0.479 e. The number of hydrogen-bond donors (Lipinski definition) is 2. The van der Waals surface area contributed by atoms with Gasteiger partial charge in [-0.25, -0.2) is 34.5 Å². The summed E-state index contributed by atoms with van der Waals surface area (Å²) < 4.78 is 20.9. The number of esters is 1. The molecule has 19 heteroatoms. The maximum Gasteiger partial charge on any atom is 0.356 e. The highest BCUT2D eigenvalue weighted by molar-refractivity contribution is 9.10. The summed E-state index contributed by atoms with van der Waals surface area (Å²) in [6, 6.07) is 9.90. The first-order valence-corrected chi connectivity index (χ1v) is 15.4. The Morgan fingerprint density at radius 1 is 0.741 bits per heavy atom. The Morgan fingerprint density at radius 3 is 1.56 bits per heavy atom. The van der Waals surface area contributed by atoms with Crippen LogP contribution >= 0.6 is 42.8 Å². The Balaban J connectivity index is 0.000000744. The molecule has 0 aliphatic rings. The molecular formula is C35H42Br2N9O7P. The number of terminal acetylenes is 1. The topological polar surface area (TPSA) is 194 Å². The van der Waals surface area contributed by atoms with Gasteiger partial charge < -0.3 is 38.0 Å². The molecule has 0 saturated heterocycles. The van der Waals surface area contributed by atoms with E-state index in [0.29, 0.717) is 23.1 Å². The lowest BCUT2D eigenvalue weighted by molar-refractivity contribution is 0.0592. The number of ether oxygens (including phenoxy) is 3. The third-order valence-electron chi connectivity index (χ3n) is 6.52. The number of carboxylic acids is 1. The van der Waals surface area contributed by atoms with E-state index in [9.17, 15) is 14.4 Å². The quantitative estimate of drug-likeness (QED) is 0.0848. The highest BCUT2D eigenvalue weighted by Gasteiger charge is 2.14. The van der Waals surface area contributed by atoms with E-state index in [1.807, 2.05) is 42.9 Å². The summed E-state index contributed by atoms with van der Waals surface area (Å²) in [6.45, 7) is 5.63. The van der Waals surface area contributed by atoms with Crippen molar-refractivity contribution in [2.75, 3.05) is 21.3 Å². The lowest BCUT2D eigenvalue weighted by Gasteiger charge is -2.09. The normalized spacial score (nSPS) is 9.35. The molecule has 54 heavy (non-hydrogen) atoms. The van der Waals surface area contributed by atoms with Gasteiger partial charge in [0.15, 0.2) is 5.69 Å². The molecule has 16 nitrogen and oxygen atoms in total. The number of methoxy groups -OCH3 is 3. The Kier molecular flexibility index (Phi) is 20.7. The molecule has 0 radical (unpaired) electrons. The van der Waals surface area contributed by atoms with E-state index in [4.69, 9.17) is 14.6 Å². The van der Waals surface area contributed by atoms with Gasteiger partial charge in [0, 0.05) is 18.6 Å². The van der Waals surface area contributed by atoms with Crippen LogP contribution in [0.25, 0.3) is 17.1 Å². The van der Waals surface area contributed by atoms with Gasteiger partial charge in [-0.3, -0.25) is 4.79 Å². The number of aromatic amines is 1. The monoisotopic (exact) mass is 889 g/mol. The van der Waals surface area contributed by atoms with Crippen LogP contribution in [0.5, 0.6) is 11.8 Å². The number of aryl methyl sites for hydroxylation is 3. The van der Waals surface area contributed by atoms with Crippen LogP contribution < -0.4 is 15.0 Å². The molecule has 0 spiro atoms. The molecule has 0 amide bonds. The molecule has 0 saturated carbocycles. The molecule has 6 heterocycles. The first kappa shape index (κ1) is 48.4. The zero-order chi connectivity index (χ0) is 37.7. The maximum absolute atomic E-state index is 11.6. The minimum atomic E-state index is -1.16. The fourth-order valence-electron chi connectivity index (χ4n) is 4.21. The van der Waals surface area contributed by atoms with Crippen LogP contribution in [0.15, 0.2) is 83.4 Å². The number of nitrogens with zero attached hydrogens (tertiary/aromatic N) is 8. The summed E-state index contributed by atoms with van der Waals surface area (Å²) in [5, 5.41) is 8.69. The number of H-pyrrole nitrogens is 1. The first-order valence-electron chi connectivity index (χ1n) is 14.6. The molecule has 1 unspecified atom stereocenters. The van der Waals surface area contributed by atoms with Crippen molar-refractivity contribution in [2.24, 2.45) is 0 Å². The predicted molar refractivity (Wildman–Crippen MR) is 218 cm³/mol. The van der Waals surface area contributed by atoms with Gasteiger partial charge in [0.1, 0.15) is 27.4 Å². The zero-order valence-corrected chi connectivity index (χ0v) is 34.3. The second-order valence-electron chi connectivity index (χ2n) is 10.0. The van der Waals surface area contributed by atoms with Crippen LogP contribution in [-0.4, -0.2) is 82.0 Å². The van der Waals surface area contributed by atoms with Gasteiger partial charge in [-0.2, -0.15) is 9.90 Å². The van der Waals surface area contributed by atoms with Crippen molar-refractivity contribution in [1.82, 2.24) is 43.6 Å². The third-order valence-corrected chi connectivity index (χ3v) is 6.96. The van der Waals surface area contributed by atoms with Crippen molar-refractivity contribution >= 4 is 54.7 Å². The van der Waals surface area contributed by atoms with Crippen LogP contribution in [0.3, 0.4) is 0 Å². The largest absolute Gasteiger partial charge is 0.479 e. The molecule has 6 aromatic rings. The number of imidazole rings is 3. The number of halogens is 2. The zero-order valence-electron chi connectivity index (χ0n) is 29.6. The van der Waals surface area contributed by atoms with E-state index in [0.717, 1.165) is 27.4 Å². The number of carbonyl (C=O) groups excluding carboxylic acids is 1. The second-order valence-corrected chi connectivity index (χ2v) is 10.8. The molecule has 1 atom stereocenters. The number of hydrogen-bond acceptors (Lipinski definition) is 11. The van der Waals surface area contributed by atoms with E-state index in [1.54, 1.807) is 54.2 Å². The van der Waals surface area contributed by atoms with Gasteiger partial charge in [0.05, 0.1) is 57.4 Å². The fraction of sp³-hybridized carbons (Fsp3) is 0.200. The molecule has 6 aromatic heterocycles. The lowest BCUT2D eigenvalue weighted by Crippen LogP contribution is -2.17. The summed E-state index contributed by atoms with van der Waals surface area (Å²) in [7, 11) is 4.41. The molecule has 288 valence electrons. The van der Waals surface area contributed by atoms with Crippen molar-refractivity contribution in [2.45, 2.75) is 28.2 Å². The Bertz CT molecular complexity index is 2200. The number of carboxylic acid groups (broad SMARTS) is 1. The molecule has 6 rings (SSSR count). The van der Waals surface area contributed by atoms with Gasteiger partial charge in [0.2, 0.25) is 11.8 Å². The standard InChI is InChI=1S/C12H13N3O3.C10H10BrN3O.C10H9N3O3.C2H2.CH4.BrH.H3P/c1-8-6-15(7-13-8)10-5-4-9(12(16)18-3)14-11(10)17-2;1-7-5-14(6-12-7)8-3-4-9(11)13-10(8)15-2;1-6-4-13(5-11-6)8-3-2-7(10(15)16)12-9(8)14;1-2;;;/h4-7H,1-3H3;3-6H,1-2H3;2-5H,1H3,(H,12,14)(H,15,16);1-2H;1H4;1H;1H3. The van der Waals surface area contributed by atoms with Gasteiger partial charge in [0.25, 0.3) is 5.56 Å². The van der Waals surface area contributed by atoms with E-state index < -0.39 is 17.5 Å². The second kappa shape index (κ2) is 23.1. The van der Waals surface area contributed by atoms with E-state index in [-0.39, 0.29) is 45.7 Å². The van der Waals surface area contributed by atoms with Crippen molar-refractivity contribution in [3.8, 4) is 41.7 Å². The maximum atomic E-state index is 11.6. The number of aromatic carboxylic acids is 1. The van der Waals surface area contributed by atoms with Crippen molar-refractivity contribution in [3.05, 3.63) is 117 Å². The van der Waals surface area contributed by atoms with Crippen LogP contribution in [0.1, 0.15) is 45.5 Å². The van der Waals surface area contributed by atoms with Gasteiger partial charge in [-0.15, -0.1) is 29.8 Å². The number of pyridine rings is 3. The summed E-state index contributed by atoms with van der Waals surface area (Å²) in [5.74, 6) is -0.746. The lowest BCUT2D eigenvalue weighted by atomic mass is 10.3. The SMILES string of the molecule is Br.C.C#C.COC(=O)c1ccc(-n2cnc(C)c2)c(OC)n1.COc1nc(Br)ccc1-n1cnc(C)c1.Cc1cn(-c2ccc(C(=O)O)[nH]c2=O)cn1.P. The van der Waals surface area contributed by atoms with Gasteiger partial charge in [-0.1, -0.05) is 7.43 Å².